The average molecular weight is 441 g/mol. The quantitative estimate of drug-likeness (QED) is 0.396. The molecular weight excluding hydrogens is 419 g/mol. The molecule has 0 aliphatic carbocycles. The van der Waals surface area contributed by atoms with Crippen molar-refractivity contribution >= 4 is 40.0 Å². The van der Waals surface area contributed by atoms with E-state index in [9.17, 15) is 9.18 Å². The van der Waals surface area contributed by atoms with E-state index in [1.165, 1.54) is 24.8 Å². The molecule has 31 heavy (non-hydrogen) atoms. The summed E-state index contributed by atoms with van der Waals surface area (Å²) in [4.78, 5) is 24.1. The molecule has 9 nitrogen and oxygen atoms in total. The van der Waals surface area contributed by atoms with Crippen molar-refractivity contribution in [2.45, 2.75) is 13.5 Å². The van der Waals surface area contributed by atoms with Crippen molar-refractivity contribution in [1.29, 1.82) is 0 Å². The normalized spacial score (nSPS) is 11.4. The van der Waals surface area contributed by atoms with E-state index in [2.05, 4.69) is 32.0 Å². The minimum atomic E-state index is -0.351. The van der Waals surface area contributed by atoms with Crippen LogP contribution in [0.3, 0.4) is 0 Å². The highest BCUT2D eigenvalue weighted by atomic mass is 32.2. The lowest BCUT2D eigenvalue weighted by Crippen LogP contribution is -2.13. The number of thioether (sulfide) groups is 1. The molecule has 0 unspecified atom stereocenters. The Kier molecular flexibility index (Phi) is 6.65. The Hall–Kier alpha value is -3.73. The van der Waals surface area contributed by atoms with Crippen LogP contribution in [0.2, 0.25) is 0 Å². The average Bonchev–Trinajstić information content (AvgIpc) is 3.14. The number of aliphatic imine (C=N–C) groups is 1. The van der Waals surface area contributed by atoms with Gasteiger partial charge >= 0.3 is 0 Å². The molecule has 0 aliphatic rings. The maximum atomic E-state index is 14.2. The molecule has 1 amide bonds. The maximum Gasteiger partial charge on any atom is 0.221 e. The van der Waals surface area contributed by atoms with Gasteiger partial charge in [0, 0.05) is 19.5 Å². The molecule has 3 rings (SSSR count). The summed E-state index contributed by atoms with van der Waals surface area (Å²) in [7, 11) is 1.64. The molecule has 2 aromatic heterocycles. The van der Waals surface area contributed by atoms with Gasteiger partial charge in [0.25, 0.3) is 0 Å². The van der Waals surface area contributed by atoms with Gasteiger partial charge in [-0.05, 0) is 17.5 Å². The Morgan fingerprint density at radius 2 is 2.00 bits per heavy atom. The van der Waals surface area contributed by atoms with E-state index in [0.29, 0.717) is 22.0 Å². The first-order valence-electron chi connectivity index (χ1n) is 9.11. The number of nitrogens with one attached hydrogen (secondary N) is 1. The minimum absolute atomic E-state index is 0.00718. The number of amides is 1. The zero-order valence-electron chi connectivity index (χ0n) is 17.0. The maximum absolute atomic E-state index is 14.2. The monoisotopic (exact) mass is 440 g/mol. The van der Waals surface area contributed by atoms with E-state index in [1.807, 2.05) is 0 Å². The first-order valence-corrected chi connectivity index (χ1v) is 9.99. The molecule has 0 fully saturated rings. The lowest BCUT2D eigenvalue weighted by molar-refractivity contribution is -0.114. The minimum Gasteiger partial charge on any atom is -0.382 e. The van der Waals surface area contributed by atoms with Crippen LogP contribution in [0.1, 0.15) is 18.2 Å². The van der Waals surface area contributed by atoms with E-state index >= 15 is 0 Å². The summed E-state index contributed by atoms with van der Waals surface area (Å²) in [6.07, 6.45) is 0. The molecule has 3 aromatic rings. The van der Waals surface area contributed by atoms with Crippen LogP contribution >= 0.6 is 11.8 Å². The van der Waals surface area contributed by atoms with Gasteiger partial charge in [-0.15, -0.1) is 0 Å². The van der Waals surface area contributed by atoms with Crippen molar-refractivity contribution < 1.29 is 9.18 Å². The van der Waals surface area contributed by atoms with Crippen molar-refractivity contribution in [3.63, 3.8) is 0 Å². The number of hydrogen-bond acceptors (Lipinski definition) is 8. The third-order valence-electron chi connectivity index (χ3n) is 4.17. The summed E-state index contributed by atoms with van der Waals surface area (Å²) in [5.41, 5.74) is 13.5. The van der Waals surface area contributed by atoms with Gasteiger partial charge < -0.3 is 16.8 Å². The molecular formula is C20H21FN8OS. The van der Waals surface area contributed by atoms with E-state index < -0.39 is 0 Å². The second-order valence-electron chi connectivity index (χ2n) is 6.35. The Morgan fingerprint density at radius 1 is 1.32 bits per heavy atom. The summed E-state index contributed by atoms with van der Waals surface area (Å²) in [6.45, 7) is 5.21. The molecule has 0 saturated heterocycles. The van der Waals surface area contributed by atoms with Gasteiger partial charge in [-0.2, -0.15) is 5.10 Å². The number of hydrogen-bond donors (Lipinski definition) is 3. The van der Waals surface area contributed by atoms with Crippen molar-refractivity contribution in [3.8, 4) is 11.5 Å². The number of nitrogens with two attached hydrogens (primary N) is 2. The highest BCUT2D eigenvalue weighted by Gasteiger charge is 2.19. The molecule has 160 valence electrons. The smallest absolute Gasteiger partial charge is 0.221 e. The van der Waals surface area contributed by atoms with Gasteiger partial charge in [0.2, 0.25) is 5.91 Å². The molecule has 0 aliphatic heterocycles. The standard InChI is InChI=1S/C20H21FN8OS/c1-4-31-20(24-3)15-9-14(28-29(15)10-12-7-5-6-8-13(12)21)19-26-17(22)16(18(23)27-19)25-11(2)30/h4-9H,1,10H2,2-3H3,(H,25,30)(H4,22,23,26,27). The van der Waals surface area contributed by atoms with Gasteiger partial charge in [0.05, 0.1) is 12.2 Å². The van der Waals surface area contributed by atoms with Crippen molar-refractivity contribution in [3.05, 3.63) is 59.4 Å². The summed E-state index contributed by atoms with van der Waals surface area (Å²) < 4.78 is 15.8. The molecule has 11 heteroatoms. The Balaban J connectivity index is 2.10. The summed E-state index contributed by atoms with van der Waals surface area (Å²) in [6, 6.07) is 8.15. The Bertz CT molecular complexity index is 1150. The number of carbonyl (C=O) groups excluding carboxylic acids is 1. The topological polar surface area (TPSA) is 137 Å². The molecule has 0 radical (unpaired) electrons. The molecule has 0 bridgehead atoms. The first kappa shape index (κ1) is 22.0. The van der Waals surface area contributed by atoms with Crippen LogP contribution in [0.5, 0.6) is 0 Å². The van der Waals surface area contributed by atoms with Gasteiger partial charge in [-0.3, -0.25) is 14.5 Å². The number of halogens is 1. The highest BCUT2D eigenvalue weighted by molar-refractivity contribution is 8.16. The van der Waals surface area contributed by atoms with E-state index in [-0.39, 0.29) is 41.4 Å². The van der Waals surface area contributed by atoms with Gasteiger partial charge in [0.1, 0.15) is 22.2 Å². The number of nitrogens with zero attached hydrogens (tertiary/aromatic N) is 5. The number of benzene rings is 1. The van der Waals surface area contributed by atoms with E-state index in [0.717, 1.165) is 0 Å². The fourth-order valence-electron chi connectivity index (χ4n) is 2.83. The van der Waals surface area contributed by atoms with E-state index in [4.69, 9.17) is 11.5 Å². The molecule has 0 spiro atoms. The van der Waals surface area contributed by atoms with Crippen LogP contribution in [0, 0.1) is 5.82 Å². The van der Waals surface area contributed by atoms with Crippen LogP contribution < -0.4 is 16.8 Å². The molecule has 1 aromatic carbocycles. The van der Waals surface area contributed by atoms with Gasteiger partial charge in [0.15, 0.2) is 17.5 Å². The predicted molar refractivity (Wildman–Crippen MR) is 122 cm³/mol. The molecule has 2 heterocycles. The second kappa shape index (κ2) is 9.39. The predicted octanol–water partition coefficient (Wildman–Crippen LogP) is 2.90. The zero-order valence-corrected chi connectivity index (χ0v) is 17.8. The third kappa shape index (κ3) is 4.89. The molecule has 0 saturated carbocycles. The second-order valence-corrected chi connectivity index (χ2v) is 7.31. The number of aromatic nitrogens is 4. The van der Waals surface area contributed by atoms with Crippen molar-refractivity contribution in [2.24, 2.45) is 4.99 Å². The van der Waals surface area contributed by atoms with Crippen LogP contribution in [0.15, 0.2) is 47.3 Å². The Morgan fingerprint density at radius 3 is 2.58 bits per heavy atom. The fraction of sp³-hybridized carbons (Fsp3) is 0.150. The van der Waals surface area contributed by atoms with Gasteiger partial charge in [-0.25, -0.2) is 14.4 Å². The zero-order chi connectivity index (χ0) is 22.5. The van der Waals surface area contributed by atoms with Crippen LogP contribution in [0.25, 0.3) is 11.5 Å². The third-order valence-corrected chi connectivity index (χ3v) is 4.95. The highest BCUT2D eigenvalue weighted by Crippen LogP contribution is 2.28. The lowest BCUT2D eigenvalue weighted by atomic mass is 10.2. The fourth-order valence-corrected chi connectivity index (χ4v) is 3.38. The number of anilines is 3. The molecule has 5 N–H and O–H groups in total. The summed E-state index contributed by atoms with van der Waals surface area (Å²) >= 11 is 1.30. The largest absolute Gasteiger partial charge is 0.382 e. The van der Waals surface area contributed by atoms with Gasteiger partial charge in [-0.1, -0.05) is 36.5 Å². The number of rotatable bonds is 6. The Labute approximate surface area is 182 Å². The van der Waals surface area contributed by atoms with Crippen LogP contribution in [-0.2, 0) is 11.3 Å². The first-order chi connectivity index (χ1) is 14.8. The summed E-state index contributed by atoms with van der Waals surface area (Å²) in [5.74, 6) is -0.519. The number of nitrogen functional groups attached to an aromatic ring is 2. The van der Waals surface area contributed by atoms with Crippen LogP contribution in [0.4, 0.5) is 21.7 Å². The lowest BCUT2D eigenvalue weighted by Gasteiger charge is -2.09. The number of carbonyl (C=O) groups is 1. The SMILES string of the molecule is C=CSC(=NC)c1cc(-c2nc(N)c(NC(C)=O)c(N)n2)nn1Cc1ccccc1F. The van der Waals surface area contributed by atoms with Crippen molar-refractivity contribution in [2.75, 3.05) is 23.8 Å². The van der Waals surface area contributed by atoms with Crippen molar-refractivity contribution in [1.82, 2.24) is 19.7 Å². The summed E-state index contributed by atoms with van der Waals surface area (Å²) in [5, 5.41) is 9.31. The van der Waals surface area contributed by atoms with Crippen LogP contribution in [-0.4, -0.2) is 37.7 Å². The van der Waals surface area contributed by atoms with E-state index in [1.54, 1.807) is 41.4 Å². The molecule has 0 atom stereocenters.